The minimum absolute atomic E-state index is 0.0677. The lowest BCUT2D eigenvalue weighted by Crippen LogP contribution is -2.38. The van der Waals surface area contributed by atoms with Crippen molar-refractivity contribution in [3.05, 3.63) is 83.6 Å². The van der Waals surface area contributed by atoms with Crippen molar-refractivity contribution in [3.8, 4) is 17.4 Å². The molecule has 172 valence electrons. The number of rotatable bonds is 5. The first-order chi connectivity index (χ1) is 15.8. The number of phenolic OH excluding ortho intramolecular Hbond substituents is 1. The van der Waals surface area contributed by atoms with Gasteiger partial charge in [-0.1, -0.05) is 24.3 Å². The molecule has 1 aliphatic rings. The minimum Gasteiger partial charge on any atom is -0.508 e. The summed E-state index contributed by atoms with van der Waals surface area (Å²) >= 11 is 0. The van der Waals surface area contributed by atoms with Gasteiger partial charge in [-0.2, -0.15) is 13.2 Å². The molecule has 0 aliphatic carbocycles. The van der Waals surface area contributed by atoms with E-state index in [0.717, 1.165) is 30.9 Å². The Morgan fingerprint density at radius 2 is 1.76 bits per heavy atom. The normalized spacial score (nSPS) is 14.8. The van der Waals surface area contributed by atoms with Crippen LogP contribution in [0.5, 0.6) is 17.4 Å². The highest BCUT2D eigenvalue weighted by atomic mass is 19.4. The second-order valence-corrected chi connectivity index (χ2v) is 8.10. The van der Waals surface area contributed by atoms with Crippen molar-refractivity contribution in [2.75, 3.05) is 13.1 Å². The maximum Gasteiger partial charge on any atom is 0.433 e. The van der Waals surface area contributed by atoms with Crippen LogP contribution in [0.15, 0.2) is 66.7 Å². The van der Waals surface area contributed by atoms with E-state index in [9.17, 15) is 23.1 Å². The second kappa shape index (κ2) is 9.52. The molecule has 0 atom stereocenters. The Balaban J connectivity index is 1.34. The highest BCUT2D eigenvalue weighted by molar-refractivity contribution is 5.94. The highest BCUT2D eigenvalue weighted by Crippen LogP contribution is 2.30. The summed E-state index contributed by atoms with van der Waals surface area (Å²) in [5.41, 5.74) is 0.488. The Hall–Kier alpha value is -3.55. The van der Waals surface area contributed by atoms with Crippen LogP contribution in [-0.4, -0.2) is 34.0 Å². The highest BCUT2D eigenvalue weighted by Gasteiger charge is 2.32. The van der Waals surface area contributed by atoms with Crippen LogP contribution in [0.25, 0.3) is 0 Å². The van der Waals surface area contributed by atoms with Crippen molar-refractivity contribution in [2.24, 2.45) is 5.92 Å². The smallest absolute Gasteiger partial charge is 0.433 e. The first kappa shape index (κ1) is 22.6. The van der Waals surface area contributed by atoms with E-state index in [1.54, 1.807) is 29.2 Å². The summed E-state index contributed by atoms with van der Waals surface area (Å²) in [6, 6.07) is 17.2. The van der Waals surface area contributed by atoms with Crippen LogP contribution in [0.1, 0.15) is 34.5 Å². The summed E-state index contributed by atoms with van der Waals surface area (Å²) in [6.07, 6.45) is -2.07. The van der Waals surface area contributed by atoms with Gasteiger partial charge in [0.05, 0.1) is 0 Å². The van der Waals surface area contributed by atoms with Gasteiger partial charge in [-0.25, -0.2) is 4.98 Å². The molecular formula is C25H23F3N2O3. The minimum atomic E-state index is -4.53. The van der Waals surface area contributed by atoms with Gasteiger partial charge in [0, 0.05) is 24.7 Å². The molecule has 1 saturated heterocycles. The zero-order chi connectivity index (χ0) is 23.4. The molecule has 2 aromatic carbocycles. The maximum atomic E-state index is 12.9. The van der Waals surface area contributed by atoms with E-state index in [4.69, 9.17) is 4.74 Å². The van der Waals surface area contributed by atoms with E-state index in [1.165, 1.54) is 24.3 Å². The molecule has 0 saturated carbocycles. The van der Waals surface area contributed by atoms with Gasteiger partial charge in [0.1, 0.15) is 17.2 Å². The van der Waals surface area contributed by atoms with E-state index in [0.29, 0.717) is 30.3 Å². The molecule has 1 N–H and O–H groups in total. The number of carbonyl (C=O) groups is 1. The van der Waals surface area contributed by atoms with Gasteiger partial charge < -0.3 is 14.7 Å². The summed E-state index contributed by atoms with van der Waals surface area (Å²) in [4.78, 5) is 18.0. The third-order valence-corrected chi connectivity index (χ3v) is 5.65. The zero-order valence-corrected chi connectivity index (χ0v) is 17.8. The number of nitrogens with zero attached hydrogens (tertiary/aromatic N) is 2. The molecule has 5 nitrogen and oxygen atoms in total. The SMILES string of the molecule is O=C(c1cccc(O)c1)N1CCC(Cc2cccc(Oc3cccc(C(F)(F)F)n3)c2)CC1. The average molecular weight is 456 g/mol. The number of amides is 1. The summed E-state index contributed by atoms with van der Waals surface area (Å²) in [5.74, 6) is 0.670. The third-order valence-electron chi connectivity index (χ3n) is 5.65. The Morgan fingerprint density at radius 3 is 2.48 bits per heavy atom. The molecule has 0 unspecified atom stereocenters. The molecule has 0 radical (unpaired) electrons. The Morgan fingerprint density at radius 1 is 1.03 bits per heavy atom. The molecule has 3 aromatic rings. The number of hydrogen-bond donors (Lipinski definition) is 1. The number of pyridine rings is 1. The van der Waals surface area contributed by atoms with Crippen LogP contribution in [0.3, 0.4) is 0 Å². The van der Waals surface area contributed by atoms with Crippen LogP contribution in [0.2, 0.25) is 0 Å². The van der Waals surface area contributed by atoms with Crippen LogP contribution >= 0.6 is 0 Å². The quantitative estimate of drug-likeness (QED) is 0.536. The largest absolute Gasteiger partial charge is 0.508 e. The van der Waals surface area contributed by atoms with Gasteiger partial charge in [0.25, 0.3) is 5.91 Å². The number of aromatic hydroxyl groups is 1. The molecule has 4 rings (SSSR count). The van der Waals surface area contributed by atoms with Gasteiger partial charge in [-0.3, -0.25) is 4.79 Å². The fraction of sp³-hybridized carbons (Fsp3) is 0.280. The van der Waals surface area contributed by atoms with Crippen molar-refractivity contribution in [1.82, 2.24) is 9.88 Å². The van der Waals surface area contributed by atoms with Crippen LogP contribution in [-0.2, 0) is 12.6 Å². The van der Waals surface area contributed by atoms with Gasteiger partial charge in [0.2, 0.25) is 5.88 Å². The molecule has 1 aromatic heterocycles. The van der Waals surface area contributed by atoms with Crippen molar-refractivity contribution in [1.29, 1.82) is 0 Å². The van der Waals surface area contributed by atoms with E-state index in [-0.39, 0.29) is 17.5 Å². The number of likely N-dealkylation sites (tertiary alicyclic amines) is 1. The fourth-order valence-corrected chi connectivity index (χ4v) is 3.98. The monoisotopic (exact) mass is 456 g/mol. The topological polar surface area (TPSA) is 62.7 Å². The Labute approximate surface area is 189 Å². The van der Waals surface area contributed by atoms with Crippen LogP contribution in [0.4, 0.5) is 13.2 Å². The number of piperidine rings is 1. The molecule has 0 spiro atoms. The summed E-state index contributed by atoms with van der Waals surface area (Å²) in [6.45, 7) is 1.26. The Bertz CT molecular complexity index is 1130. The van der Waals surface area contributed by atoms with E-state index in [2.05, 4.69) is 4.98 Å². The number of halogens is 3. The van der Waals surface area contributed by atoms with Gasteiger partial charge in [0.15, 0.2) is 0 Å². The number of hydrogen-bond acceptors (Lipinski definition) is 4. The maximum absolute atomic E-state index is 12.9. The second-order valence-electron chi connectivity index (χ2n) is 8.10. The first-order valence-corrected chi connectivity index (χ1v) is 10.7. The Kier molecular flexibility index (Phi) is 6.53. The number of benzene rings is 2. The zero-order valence-electron chi connectivity index (χ0n) is 17.8. The average Bonchev–Trinajstić information content (AvgIpc) is 2.79. The van der Waals surface area contributed by atoms with Gasteiger partial charge >= 0.3 is 6.18 Å². The van der Waals surface area contributed by atoms with E-state index in [1.807, 2.05) is 12.1 Å². The molecule has 33 heavy (non-hydrogen) atoms. The van der Waals surface area contributed by atoms with Crippen molar-refractivity contribution < 1.29 is 27.8 Å². The number of aromatic nitrogens is 1. The number of phenols is 1. The predicted octanol–water partition coefficient (Wildman–Crippen LogP) is 5.69. The van der Waals surface area contributed by atoms with Gasteiger partial charge in [-0.05, 0) is 67.1 Å². The summed E-state index contributed by atoms with van der Waals surface area (Å²) < 4.78 is 44.2. The first-order valence-electron chi connectivity index (χ1n) is 10.7. The molecule has 1 fully saturated rings. The molecular weight excluding hydrogens is 433 g/mol. The molecule has 8 heteroatoms. The fourth-order valence-electron chi connectivity index (χ4n) is 3.98. The van der Waals surface area contributed by atoms with Crippen molar-refractivity contribution >= 4 is 5.91 Å². The van der Waals surface area contributed by atoms with Crippen LogP contribution < -0.4 is 4.74 Å². The van der Waals surface area contributed by atoms with Crippen LogP contribution in [0, 0.1) is 5.92 Å². The molecule has 1 aliphatic heterocycles. The molecule has 0 bridgehead atoms. The molecule has 1 amide bonds. The lowest BCUT2D eigenvalue weighted by molar-refractivity contribution is -0.141. The van der Waals surface area contributed by atoms with Crippen molar-refractivity contribution in [2.45, 2.75) is 25.4 Å². The lowest BCUT2D eigenvalue weighted by Gasteiger charge is -2.32. The predicted molar refractivity (Wildman–Crippen MR) is 116 cm³/mol. The van der Waals surface area contributed by atoms with Crippen molar-refractivity contribution in [3.63, 3.8) is 0 Å². The standard InChI is InChI=1S/C25H23F3N2O3/c26-25(27,28)22-8-3-9-23(29-22)33-21-7-1-4-18(15-21)14-17-10-12-30(13-11-17)24(32)19-5-2-6-20(31)16-19/h1-9,15-17,31H,10-14H2. The lowest BCUT2D eigenvalue weighted by atomic mass is 9.90. The summed E-state index contributed by atoms with van der Waals surface area (Å²) in [5, 5.41) is 9.60. The van der Waals surface area contributed by atoms with Gasteiger partial charge in [-0.15, -0.1) is 0 Å². The van der Waals surface area contributed by atoms with E-state index >= 15 is 0 Å². The van der Waals surface area contributed by atoms with E-state index < -0.39 is 11.9 Å². The number of alkyl halides is 3. The summed E-state index contributed by atoms with van der Waals surface area (Å²) in [7, 11) is 0. The number of ether oxygens (including phenoxy) is 1. The third kappa shape index (κ3) is 5.83. The number of carbonyl (C=O) groups excluding carboxylic acids is 1. The molecule has 2 heterocycles.